The fourth-order valence-electron chi connectivity index (χ4n) is 3.47. The minimum atomic E-state index is -0.122. The number of nitrogens with one attached hydrogen (secondary N) is 2. The first-order chi connectivity index (χ1) is 15.9. The Bertz CT molecular complexity index is 1060. The smallest absolute Gasteiger partial charge is 0.248 e. The molecule has 0 spiro atoms. The number of aliphatic imine (C=N–C) groups is 1. The van der Waals surface area contributed by atoms with Gasteiger partial charge in [-0.05, 0) is 75.2 Å². The van der Waals surface area contributed by atoms with E-state index >= 15 is 0 Å². The number of likely N-dealkylation sites (N-methyl/N-ethyl adjacent to an activating group) is 1. The van der Waals surface area contributed by atoms with Crippen LogP contribution in [0.15, 0.2) is 82.5 Å². The van der Waals surface area contributed by atoms with E-state index in [2.05, 4.69) is 58.3 Å². The van der Waals surface area contributed by atoms with E-state index in [0.717, 1.165) is 34.8 Å². The highest BCUT2D eigenvalue weighted by Gasteiger charge is 2.13. The second-order valence-corrected chi connectivity index (χ2v) is 7.84. The van der Waals surface area contributed by atoms with Gasteiger partial charge in [0.15, 0.2) is 0 Å². The number of anilines is 1. The number of aliphatic hydroxyl groups is 1. The normalized spacial score (nSPS) is 14.2. The maximum atomic E-state index is 11.6. The Morgan fingerprint density at radius 2 is 1.94 bits per heavy atom. The molecule has 0 aliphatic carbocycles. The third kappa shape index (κ3) is 8.00. The third-order valence-electron chi connectivity index (χ3n) is 5.55. The number of pyridine rings is 1. The van der Waals surface area contributed by atoms with Gasteiger partial charge < -0.3 is 15.4 Å². The van der Waals surface area contributed by atoms with Crippen molar-refractivity contribution in [3.63, 3.8) is 0 Å². The van der Waals surface area contributed by atoms with Crippen LogP contribution in [0.3, 0.4) is 0 Å². The lowest BCUT2D eigenvalue weighted by Crippen LogP contribution is -2.29. The number of H-pyrrole nitrogens is 1. The van der Waals surface area contributed by atoms with E-state index < -0.39 is 0 Å². The summed E-state index contributed by atoms with van der Waals surface area (Å²) in [6.45, 7) is 11.8. The lowest BCUT2D eigenvalue weighted by Gasteiger charge is -2.27. The number of aromatic amines is 1. The van der Waals surface area contributed by atoms with Crippen molar-refractivity contribution in [3.8, 4) is 0 Å². The third-order valence-corrected chi connectivity index (χ3v) is 5.55. The van der Waals surface area contributed by atoms with Crippen molar-refractivity contribution < 1.29 is 5.11 Å². The zero-order chi connectivity index (χ0) is 24.2. The van der Waals surface area contributed by atoms with Crippen LogP contribution in [0.1, 0.15) is 51.8 Å². The van der Waals surface area contributed by atoms with Crippen molar-refractivity contribution in [3.05, 3.63) is 94.2 Å². The highest BCUT2D eigenvalue weighted by atomic mass is 16.3. The Balaban J connectivity index is 2.29. The molecule has 2 rings (SSSR count). The molecule has 176 valence electrons. The zero-order valence-corrected chi connectivity index (χ0v) is 20.3. The van der Waals surface area contributed by atoms with E-state index in [4.69, 9.17) is 0 Å². The minimum absolute atomic E-state index is 0.122. The quantitative estimate of drug-likeness (QED) is 0.328. The largest absolute Gasteiger partial charge is 0.395 e. The summed E-state index contributed by atoms with van der Waals surface area (Å²) in [6.07, 6.45) is 9.27. The summed E-state index contributed by atoms with van der Waals surface area (Å²) in [6, 6.07) is 12.0. The molecule has 0 bridgehead atoms. The van der Waals surface area contributed by atoms with Gasteiger partial charge in [-0.1, -0.05) is 31.2 Å². The van der Waals surface area contributed by atoms with Crippen LogP contribution in [0, 0.1) is 0 Å². The standard InChI is InChI=1S/C27H36N4O2/c1-6-15-28-21(4)26(13-8-20(3)24-14-16-29-27(33)19-24)30-25-11-9-23(10-12-25)22(5)31(7-2)17-18-32/h6,8-16,19,22,30,32H,7,17-18H2,1-5H3,(H,29,33)/b15-6-,20-8+,26-13+,28-21+/t22-/m1/s1. The van der Waals surface area contributed by atoms with Gasteiger partial charge in [-0.3, -0.25) is 14.7 Å². The van der Waals surface area contributed by atoms with Crippen LogP contribution in [0.5, 0.6) is 0 Å². The molecule has 33 heavy (non-hydrogen) atoms. The molecule has 1 aromatic carbocycles. The first-order valence-electron chi connectivity index (χ1n) is 11.3. The topological polar surface area (TPSA) is 80.7 Å². The van der Waals surface area contributed by atoms with Crippen molar-refractivity contribution in [1.82, 2.24) is 9.88 Å². The molecule has 0 aliphatic rings. The number of allylic oxidation sites excluding steroid dienone is 5. The van der Waals surface area contributed by atoms with Crippen LogP contribution in [-0.2, 0) is 0 Å². The van der Waals surface area contributed by atoms with Crippen molar-refractivity contribution >= 4 is 17.0 Å². The van der Waals surface area contributed by atoms with Gasteiger partial charge in [0.05, 0.1) is 18.0 Å². The van der Waals surface area contributed by atoms with Gasteiger partial charge in [0.1, 0.15) is 0 Å². The fraction of sp³-hybridized carbons (Fsp3) is 0.333. The number of hydrogen-bond donors (Lipinski definition) is 3. The summed E-state index contributed by atoms with van der Waals surface area (Å²) in [4.78, 5) is 21.0. The summed E-state index contributed by atoms with van der Waals surface area (Å²) < 4.78 is 0. The van der Waals surface area contributed by atoms with Crippen LogP contribution in [-0.4, -0.2) is 40.4 Å². The van der Waals surface area contributed by atoms with E-state index in [1.807, 2.05) is 45.1 Å². The van der Waals surface area contributed by atoms with E-state index in [9.17, 15) is 9.90 Å². The molecule has 0 saturated heterocycles. The van der Waals surface area contributed by atoms with Crippen molar-refractivity contribution in [2.75, 3.05) is 25.0 Å². The summed E-state index contributed by atoms with van der Waals surface area (Å²) in [5, 5.41) is 12.8. The first-order valence-corrected chi connectivity index (χ1v) is 11.3. The Morgan fingerprint density at radius 1 is 1.21 bits per heavy atom. The Kier molecular flexibility index (Phi) is 10.5. The van der Waals surface area contributed by atoms with Crippen LogP contribution in [0.4, 0.5) is 5.69 Å². The zero-order valence-electron chi connectivity index (χ0n) is 20.3. The number of aromatic nitrogens is 1. The molecule has 2 aromatic rings. The lowest BCUT2D eigenvalue weighted by molar-refractivity contribution is 0.165. The molecule has 1 atom stereocenters. The first kappa shape index (κ1) is 26.0. The predicted molar refractivity (Wildman–Crippen MR) is 140 cm³/mol. The summed E-state index contributed by atoms with van der Waals surface area (Å²) in [5.41, 5.74) is 5.61. The van der Waals surface area contributed by atoms with Crippen LogP contribution in [0.25, 0.3) is 5.57 Å². The number of rotatable bonds is 11. The van der Waals surface area contributed by atoms with E-state index in [1.165, 1.54) is 5.56 Å². The molecule has 0 aliphatic heterocycles. The van der Waals surface area contributed by atoms with Crippen LogP contribution in [0.2, 0.25) is 0 Å². The Morgan fingerprint density at radius 3 is 2.55 bits per heavy atom. The highest BCUT2D eigenvalue weighted by molar-refractivity contribution is 6.01. The molecule has 0 saturated carbocycles. The van der Waals surface area contributed by atoms with Gasteiger partial charge in [-0.2, -0.15) is 0 Å². The Hall–Kier alpha value is -3.22. The summed E-state index contributed by atoms with van der Waals surface area (Å²) >= 11 is 0. The molecule has 0 unspecified atom stereocenters. The second-order valence-electron chi connectivity index (χ2n) is 7.84. The monoisotopic (exact) mass is 448 g/mol. The molecule has 1 heterocycles. The average molecular weight is 449 g/mol. The number of benzene rings is 1. The van der Waals surface area contributed by atoms with Gasteiger partial charge >= 0.3 is 0 Å². The average Bonchev–Trinajstić information content (AvgIpc) is 2.83. The molecular weight excluding hydrogens is 412 g/mol. The fourth-order valence-corrected chi connectivity index (χ4v) is 3.47. The van der Waals surface area contributed by atoms with Crippen molar-refractivity contribution in [1.29, 1.82) is 0 Å². The maximum absolute atomic E-state index is 11.6. The summed E-state index contributed by atoms with van der Waals surface area (Å²) in [5.74, 6) is 0. The van der Waals surface area contributed by atoms with Gasteiger partial charge in [0, 0.05) is 36.7 Å². The Labute approximate surface area is 197 Å². The molecule has 0 amide bonds. The van der Waals surface area contributed by atoms with E-state index in [0.29, 0.717) is 6.54 Å². The van der Waals surface area contributed by atoms with Gasteiger partial charge in [0.2, 0.25) is 5.56 Å². The molecule has 1 aromatic heterocycles. The molecule has 6 nitrogen and oxygen atoms in total. The maximum Gasteiger partial charge on any atom is 0.248 e. The van der Waals surface area contributed by atoms with Crippen molar-refractivity contribution in [2.45, 2.75) is 40.7 Å². The predicted octanol–water partition coefficient (Wildman–Crippen LogP) is 5.14. The van der Waals surface area contributed by atoms with Gasteiger partial charge in [0.25, 0.3) is 0 Å². The van der Waals surface area contributed by atoms with Crippen molar-refractivity contribution in [2.24, 2.45) is 4.99 Å². The molecule has 3 N–H and O–H groups in total. The SMILES string of the molecule is C\C=C/N=C(C)/C(=C\C=C(/C)c1cc[nH]c(=O)c1)Nc1ccc([C@@H](C)N(CC)CCO)cc1. The number of aliphatic hydroxyl groups excluding tert-OH is 1. The van der Waals surface area contributed by atoms with E-state index in [-0.39, 0.29) is 18.2 Å². The molecular formula is C27H36N4O2. The highest BCUT2D eigenvalue weighted by Crippen LogP contribution is 2.22. The lowest BCUT2D eigenvalue weighted by atomic mass is 10.1. The minimum Gasteiger partial charge on any atom is -0.395 e. The number of nitrogens with zero attached hydrogens (tertiary/aromatic N) is 2. The summed E-state index contributed by atoms with van der Waals surface area (Å²) in [7, 11) is 0. The van der Waals surface area contributed by atoms with Crippen LogP contribution >= 0.6 is 0 Å². The van der Waals surface area contributed by atoms with E-state index in [1.54, 1.807) is 18.5 Å². The van der Waals surface area contributed by atoms with Gasteiger partial charge in [-0.15, -0.1) is 0 Å². The number of hydrogen-bond acceptors (Lipinski definition) is 5. The van der Waals surface area contributed by atoms with Crippen LogP contribution < -0.4 is 10.9 Å². The van der Waals surface area contributed by atoms with Gasteiger partial charge in [-0.25, -0.2) is 0 Å². The molecule has 6 heteroatoms. The second kappa shape index (κ2) is 13.4. The molecule has 0 fully saturated rings. The molecule has 0 radical (unpaired) electrons.